The van der Waals surface area contributed by atoms with Crippen molar-refractivity contribution in [1.29, 1.82) is 0 Å². The number of hydrogen-bond donors (Lipinski definition) is 2. The van der Waals surface area contributed by atoms with Crippen LogP contribution in [0.1, 0.15) is 53.2 Å². The lowest BCUT2D eigenvalue weighted by Crippen LogP contribution is -2.41. The number of aromatic nitrogens is 1. The standard InChI is InChI=1S/C17H33N5O.HI/c1-7-18-16(19-10-11-22(8-2)9-3)21-13-15-20-12-14(23-15)17(4,5)6;/h12H,7-11,13H2,1-6H3,(H2,18,19,21);1H. The fourth-order valence-corrected chi connectivity index (χ4v) is 2.09. The topological polar surface area (TPSA) is 65.7 Å². The summed E-state index contributed by atoms with van der Waals surface area (Å²) in [6, 6.07) is 0. The van der Waals surface area contributed by atoms with Crippen molar-refractivity contribution in [2.24, 2.45) is 4.99 Å². The second-order valence-electron chi connectivity index (χ2n) is 6.52. The molecule has 24 heavy (non-hydrogen) atoms. The molecule has 0 atom stereocenters. The first-order valence-electron chi connectivity index (χ1n) is 8.60. The Balaban J connectivity index is 0.00000529. The highest BCUT2D eigenvalue weighted by molar-refractivity contribution is 14.0. The molecule has 0 aliphatic rings. The maximum Gasteiger partial charge on any atom is 0.216 e. The van der Waals surface area contributed by atoms with Gasteiger partial charge in [0.25, 0.3) is 0 Å². The summed E-state index contributed by atoms with van der Waals surface area (Å²) in [7, 11) is 0. The third-order valence-corrected chi connectivity index (χ3v) is 3.62. The molecule has 0 radical (unpaired) electrons. The van der Waals surface area contributed by atoms with E-state index in [9.17, 15) is 0 Å². The summed E-state index contributed by atoms with van der Waals surface area (Å²) in [6.07, 6.45) is 1.80. The van der Waals surface area contributed by atoms with Crippen LogP contribution >= 0.6 is 24.0 Å². The number of halogens is 1. The highest BCUT2D eigenvalue weighted by Crippen LogP contribution is 2.22. The number of guanidine groups is 1. The molecule has 0 aliphatic carbocycles. The summed E-state index contributed by atoms with van der Waals surface area (Å²) in [6.45, 7) is 18.0. The van der Waals surface area contributed by atoms with Crippen LogP contribution in [0.3, 0.4) is 0 Å². The molecule has 2 N–H and O–H groups in total. The predicted octanol–water partition coefficient (Wildman–Crippen LogP) is 2.99. The molecule has 0 spiro atoms. The van der Waals surface area contributed by atoms with Crippen LogP contribution in [0.15, 0.2) is 15.6 Å². The van der Waals surface area contributed by atoms with Gasteiger partial charge in [0, 0.05) is 25.0 Å². The largest absolute Gasteiger partial charge is 0.443 e. The van der Waals surface area contributed by atoms with Crippen molar-refractivity contribution in [2.75, 3.05) is 32.7 Å². The summed E-state index contributed by atoms with van der Waals surface area (Å²) in [5.74, 6) is 2.34. The number of aliphatic imine (C=N–C) groups is 1. The lowest BCUT2D eigenvalue weighted by Gasteiger charge is -2.19. The Morgan fingerprint density at radius 2 is 1.88 bits per heavy atom. The Bertz CT molecular complexity index is 478. The first-order valence-corrected chi connectivity index (χ1v) is 8.60. The van der Waals surface area contributed by atoms with E-state index in [1.54, 1.807) is 6.20 Å². The monoisotopic (exact) mass is 451 g/mol. The van der Waals surface area contributed by atoms with E-state index in [2.05, 4.69) is 67.1 Å². The van der Waals surface area contributed by atoms with Crippen molar-refractivity contribution in [2.45, 2.75) is 53.5 Å². The van der Waals surface area contributed by atoms with Gasteiger partial charge in [-0.2, -0.15) is 0 Å². The van der Waals surface area contributed by atoms with Gasteiger partial charge in [0.2, 0.25) is 5.89 Å². The average molecular weight is 451 g/mol. The van der Waals surface area contributed by atoms with Gasteiger partial charge in [-0.25, -0.2) is 9.98 Å². The van der Waals surface area contributed by atoms with Crippen molar-refractivity contribution in [3.05, 3.63) is 17.8 Å². The van der Waals surface area contributed by atoms with E-state index in [0.717, 1.165) is 44.4 Å². The first kappa shape index (κ1) is 23.2. The zero-order chi connectivity index (χ0) is 17.3. The van der Waals surface area contributed by atoms with Crippen LogP contribution in [0.2, 0.25) is 0 Å². The van der Waals surface area contributed by atoms with E-state index < -0.39 is 0 Å². The lowest BCUT2D eigenvalue weighted by atomic mass is 9.94. The smallest absolute Gasteiger partial charge is 0.216 e. The number of oxazole rings is 1. The quantitative estimate of drug-likeness (QED) is 0.362. The molecule has 1 aromatic heterocycles. The Morgan fingerprint density at radius 1 is 1.21 bits per heavy atom. The minimum absolute atomic E-state index is 0. The van der Waals surface area contributed by atoms with Crippen LogP contribution in [-0.2, 0) is 12.0 Å². The average Bonchev–Trinajstić information content (AvgIpc) is 2.98. The van der Waals surface area contributed by atoms with Crippen LogP contribution < -0.4 is 10.6 Å². The number of likely N-dealkylation sites (N-methyl/N-ethyl adjacent to an activating group) is 1. The van der Waals surface area contributed by atoms with Gasteiger partial charge in [-0.3, -0.25) is 0 Å². The second-order valence-corrected chi connectivity index (χ2v) is 6.52. The predicted molar refractivity (Wildman–Crippen MR) is 111 cm³/mol. The van der Waals surface area contributed by atoms with E-state index in [0.29, 0.717) is 12.4 Å². The number of rotatable bonds is 8. The molecule has 0 bridgehead atoms. The van der Waals surface area contributed by atoms with Crippen LogP contribution in [0.4, 0.5) is 0 Å². The molecule has 0 saturated heterocycles. The molecular formula is C17H34IN5O. The molecule has 1 aromatic rings. The molecule has 0 unspecified atom stereocenters. The molecule has 7 heteroatoms. The normalized spacial score (nSPS) is 12.2. The van der Waals surface area contributed by atoms with Crippen LogP contribution in [0, 0.1) is 0 Å². The fraction of sp³-hybridized carbons (Fsp3) is 0.765. The van der Waals surface area contributed by atoms with Crippen molar-refractivity contribution >= 4 is 29.9 Å². The van der Waals surface area contributed by atoms with Crippen LogP contribution in [-0.4, -0.2) is 48.6 Å². The highest BCUT2D eigenvalue weighted by atomic mass is 127. The Kier molecular flexibility index (Phi) is 11.3. The summed E-state index contributed by atoms with van der Waals surface area (Å²) in [5, 5.41) is 6.61. The zero-order valence-electron chi connectivity index (χ0n) is 16.0. The zero-order valence-corrected chi connectivity index (χ0v) is 18.3. The maximum atomic E-state index is 5.77. The third-order valence-electron chi connectivity index (χ3n) is 3.62. The molecule has 0 amide bonds. The SMILES string of the molecule is CCNC(=NCc1ncc(C(C)(C)C)o1)NCCN(CC)CC.I. The summed E-state index contributed by atoms with van der Waals surface area (Å²) >= 11 is 0. The minimum Gasteiger partial charge on any atom is -0.443 e. The Hall–Kier alpha value is -0.830. The van der Waals surface area contributed by atoms with Crippen LogP contribution in [0.5, 0.6) is 0 Å². The van der Waals surface area contributed by atoms with Gasteiger partial charge in [0.05, 0.1) is 6.20 Å². The van der Waals surface area contributed by atoms with Gasteiger partial charge in [-0.15, -0.1) is 24.0 Å². The van der Waals surface area contributed by atoms with E-state index in [-0.39, 0.29) is 29.4 Å². The van der Waals surface area contributed by atoms with Crippen molar-refractivity contribution in [1.82, 2.24) is 20.5 Å². The molecular weight excluding hydrogens is 417 g/mol. The van der Waals surface area contributed by atoms with Crippen molar-refractivity contribution in [3.63, 3.8) is 0 Å². The van der Waals surface area contributed by atoms with Crippen molar-refractivity contribution in [3.8, 4) is 0 Å². The van der Waals surface area contributed by atoms with E-state index in [4.69, 9.17) is 4.42 Å². The van der Waals surface area contributed by atoms with Crippen molar-refractivity contribution < 1.29 is 4.42 Å². The number of hydrogen-bond acceptors (Lipinski definition) is 4. The molecule has 140 valence electrons. The van der Waals surface area contributed by atoms with E-state index in [1.165, 1.54) is 0 Å². The second kappa shape index (κ2) is 11.7. The van der Waals surface area contributed by atoms with E-state index >= 15 is 0 Å². The summed E-state index contributed by atoms with van der Waals surface area (Å²) in [5.41, 5.74) is -0.0263. The molecule has 1 rings (SSSR count). The van der Waals surface area contributed by atoms with Crippen LogP contribution in [0.25, 0.3) is 0 Å². The fourth-order valence-electron chi connectivity index (χ4n) is 2.09. The molecule has 0 aliphatic heterocycles. The molecule has 0 saturated carbocycles. The molecule has 0 fully saturated rings. The van der Waals surface area contributed by atoms with E-state index in [1.807, 2.05) is 0 Å². The number of nitrogens with one attached hydrogen (secondary N) is 2. The van der Waals surface area contributed by atoms with Gasteiger partial charge in [0.1, 0.15) is 12.3 Å². The van der Waals surface area contributed by atoms with Gasteiger partial charge in [0.15, 0.2) is 5.96 Å². The van der Waals surface area contributed by atoms with Gasteiger partial charge in [-0.05, 0) is 20.0 Å². The summed E-state index contributed by atoms with van der Waals surface area (Å²) in [4.78, 5) is 11.2. The number of nitrogens with zero attached hydrogens (tertiary/aromatic N) is 3. The summed E-state index contributed by atoms with van der Waals surface area (Å²) < 4.78 is 5.77. The Labute approximate surface area is 163 Å². The van der Waals surface area contributed by atoms with Gasteiger partial charge in [-0.1, -0.05) is 34.6 Å². The first-order chi connectivity index (χ1) is 10.9. The lowest BCUT2D eigenvalue weighted by molar-refractivity contribution is 0.308. The molecule has 6 nitrogen and oxygen atoms in total. The third kappa shape index (κ3) is 8.32. The van der Waals surface area contributed by atoms with Gasteiger partial charge < -0.3 is 20.0 Å². The minimum atomic E-state index is -0.0263. The molecule has 0 aromatic carbocycles. The maximum absolute atomic E-state index is 5.77. The molecule has 1 heterocycles. The highest BCUT2D eigenvalue weighted by Gasteiger charge is 2.18. The Morgan fingerprint density at radius 3 is 2.38 bits per heavy atom. The van der Waals surface area contributed by atoms with Gasteiger partial charge >= 0.3 is 0 Å².